The zero-order valence-corrected chi connectivity index (χ0v) is 6.88. The van der Waals surface area contributed by atoms with Gasteiger partial charge in [0.1, 0.15) is 7.85 Å². The van der Waals surface area contributed by atoms with Crippen molar-refractivity contribution < 1.29 is 0 Å². The number of rotatable bonds is 0. The number of H-pyrrole nitrogens is 1. The molecule has 2 aromatic heterocycles. The average molecular weight is 149 g/mol. The quantitative estimate of drug-likeness (QED) is 0.533. The van der Waals surface area contributed by atoms with Crippen molar-refractivity contribution in [2.45, 2.75) is 6.92 Å². The Kier molecular flexibility index (Phi) is 1.14. The number of aromatic nitrogens is 1. The highest BCUT2D eigenvalue weighted by Gasteiger charge is 2.02. The molecule has 0 aliphatic carbocycles. The first-order chi connectivity index (χ1) is 4.79. The lowest BCUT2D eigenvalue weighted by Gasteiger charge is -1.78. The molecular formula is C7H8BNS. The molecule has 0 aromatic carbocycles. The van der Waals surface area contributed by atoms with Gasteiger partial charge in [0.2, 0.25) is 0 Å². The third-order valence-electron chi connectivity index (χ3n) is 1.77. The van der Waals surface area contributed by atoms with Crippen molar-refractivity contribution in [3.05, 3.63) is 17.1 Å². The van der Waals surface area contributed by atoms with Crippen LogP contribution < -0.4 is 5.46 Å². The second-order valence-electron chi connectivity index (χ2n) is 2.59. The fraction of sp³-hybridized carbons (Fsp3) is 0.143. The van der Waals surface area contributed by atoms with Crippen LogP contribution >= 0.6 is 11.3 Å². The maximum atomic E-state index is 3.25. The normalized spacial score (nSPS) is 10.9. The summed E-state index contributed by atoms with van der Waals surface area (Å²) < 4.78 is 1.40. The van der Waals surface area contributed by atoms with Gasteiger partial charge in [-0.2, -0.15) is 0 Å². The molecule has 0 radical (unpaired) electrons. The van der Waals surface area contributed by atoms with Crippen LogP contribution in [0.5, 0.6) is 0 Å². The largest absolute Gasteiger partial charge is 0.361 e. The Morgan fingerprint density at radius 3 is 3.10 bits per heavy atom. The fourth-order valence-electron chi connectivity index (χ4n) is 1.16. The highest BCUT2D eigenvalue weighted by molar-refractivity contribution is 7.18. The standard InChI is InChI=1S/C7H8BNS/c1-4-3-10-7-5(8)2-9-6(4)7/h2-3,9H,8H2,1H3. The van der Waals surface area contributed by atoms with Crippen LogP contribution in [0.25, 0.3) is 10.2 Å². The third kappa shape index (κ3) is 0.640. The van der Waals surface area contributed by atoms with Crippen molar-refractivity contribution in [1.29, 1.82) is 0 Å². The Morgan fingerprint density at radius 1 is 1.60 bits per heavy atom. The van der Waals surface area contributed by atoms with E-state index >= 15 is 0 Å². The molecule has 2 aromatic rings. The lowest BCUT2D eigenvalue weighted by molar-refractivity contribution is 1.44. The average Bonchev–Trinajstić information content (AvgIpc) is 2.41. The molecule has 0 amide bonds. The monoisotopic (exact) mass is 149 g/mol. The van der Waals surface area contributed by atoms with Crippen molar-refractivity contribution in [2.24, 2.45) is 0 Å². The van der Waals surface area contributed by atoms with Crippen molar-refractivity contribution in [3.63, 3.8) is 0 Å². The van der Waals surface area contributed by atoms with Gasteiger partial charge in [-0.15, -0.1) is 11.3 Å². The van der Waals surface area contributed by atoms with E-state index in [1.54, 1.807) is 0 Å². The summed E-state index contributed by atoms with van der Waals surface area (Å²) in [6.45, 7) is 2.13. The van der Waals surface area contributed by atoms with Crippen molar-refractivity contribution in [1.82, 2.24) is 4.98 Å². The Labute approximate surface area is 64.5 Å². The molecule has 0 saturated heterocycles. The van der Waals surface area contributed by atoms with Gasteiger partial charge >= 0.3 is 0 Å². The van der Waals surface area contributed by atoms with E-state index in [0.29, 0.717) is 0 Å². The van der Waals surface area contributed by atoms with E-state index in [1.807, 2.05) is 11.3 Å². The number of nitrogens with one attached hydrogen (secondary N) is 1. The molecule has 0 aliphatic heterocycles. The van der Waals surface area contributed by atoms with Crippen LogP contribution in [0, 0.1) is 6.92 Å². The summed E-state index contributed by atoms with van der Waals surface area (Å²) in [6.07, 6.45) is 2.06. The van der Waals surface area contributed by atoms with E-state index in [-0.39, 0.29) is 0 Å². The van der Waals surface area contributed by atoms with E-state index in [1.165, 1.54) is 21.2 Å². The zero-order chi connectivity index (χ0) is 7.14. The Bertz CT molecular complexity index is 324. The number of aromatic amines is 1. The molecule has 0 unspecified atom stereocenters. The first-order valence-corrected chi connectivity index (χ1v) is 4.19. The minimum atomic E-state index is 1.31. The molecule has 2 rings (SSSR count). The summed E-state index contributed by atoms with van der Waals surface area (Å²) in [5.74, 6) is 0. The minimum absolute atomic E-state index is 1.31. The molecule has 0 atom stereocenters. The molecular weight excluding hydrogens is 141 g/mol. The third-order valence-corrected chi connectivity index (χ3v) is 3.00. The fourth-order valence-corrected chi connectivity index (χ4v) is 2.15. The molecule has 1 nitrogen and oxygen atoms in total. The van der Waals surface area contributed by atoms with Gasteiger partial charge < -0.3 is 4.98 Å². The van der Waals surface area contributed by atoms with Crippen molar-refractivity contribution in [2.75, 3.05) is 0 Å². The van der Waals surface area contributed by atoms with Crippen LogP contribution in [0.4, 0.5) is 0 Å². The molecule has 50 valence electrons. The predicted octanol–water partition coefficient (Wildman–Crippen LogP) is 0.796. The van der Waals surface area contributed by atoms with Crippen LogP contribution in [0.3, 0.4) is 0 Å². The molecule has 0 saturated carbocycles. The van der Waals surface area contributed by atoms with Crippen molar-refractivity contribution in [3.8, 4) is 0 Å². The molecule has 0 aliphatic rings. The number of aryl methyl sites for hydroxylation is 1. The van der Waals surface area contributed by atoms with E-state index in [9.17, 15) is 0 Å². The summed E-state index contributed by atoms with van der Waals surface area (Å²) in [4.78, 5) is 3.25. The second-order valence-corrected chi connectivity index (χ2v) is 3.47. The van der Waals surface area contributed by atoms with Crippen LogP contribution in [0.2, 0.25) is 0 Å². The maximum absolute atomic E-state index is 3.25. The van der Waals surface area contributed by atoms with Crippen molar-refractivity contribution >= 4 is 34.9 Å². The highest BCUT2D eigenvalue weighted by Crippen LogP contribution is 2.21. The molecule has 0 spiro atoms. The Balaban J connectivity index is 2.95. The number of fused-ring (bicyclic) bond motifs is 1. The topological polar surface area (TPSA) is 15.8 Å². The lowest BCUT2D eigenvalue weighted by Crippen LogP contribution is -1.94. The van der Waals surface area contributed by atoms with Gasteiger partial charge in [0.25, 0.3) is 0 Å². The van der Waals surface area contributed by atoms with Crippen LogP contribution in [0.1, 0.15) is 5.56 Å². The molecule has 1 N–H and O–H groups in total. The van der Waals surface area contributed by atoms with Gasteiger partial charge in [0.05, 0.1) is 5.52 Å². The summed E-state index contributed by atoms with van der Waals surface area (Å²) in [5, 5.41) is 2.19. The predicted molar refractivity (Wildman–Crippen MR) is 49.1 cm³/mol. The van der Waals surface area contributed by atoms with Gasteiger partial charge in [0, 0.05) is 4.70 Å². The Hall–Kier alpha value is -0.695. The minimum Gasteiger partial charge on any atom is -0.361 e. The molecule has 2 heterocycles. The van der Waals surface area contributed by atoms with Crippen LogP contribution in [-0.2, 0) is 0 Å². The summed E-state index contributed by atoms with van der Waals surface area (Å²) >= 11 is 1.82. The van der Waals surface area contributed by atoms with Crippen LogP contribution in [0.15, 0.2) is 11.6 Å². The highest BCUT2D eigenvalue weighted by atomic mass is 32.1. The molecule has 10 heavy (non-hydrogen) atoms. The lowest BCUT2D eigenvalue weighted by atomic mass is 10.0. The zero-order valence-electron chi connectivity index (χ0n) is 6.06. The van der Waals surface area contributed by atoms with E-state index in [4.69, 9.17) is 0 Å². The maximum Gasteiger partial charge on any atom is 0.143 e. The van der Waals surface area contributed by atoms with E-state index in [0.717, 1.165) is 0 Å². The van der Waals surface area contributed by atoms with Gasteiger partial charge in [0.15, 0.2) is 0 Å². The molecule has 0 fully saturated rings. The smallest absolute Gasteiger partial charge is 0.143 e. The first-order valence-electron chi connectivity index (χ1n) is 3.31. The molecule has 0 bridgehead atoms. The Morgan fingerprint density at radius 2 is 2.40 bits per heavy atom. The summed E-state index contributed by atoms with van der Waals surface area (Å²) in [7, 11) is 2.13. The number of hydrogen-bond donors (Lipinski definition) is 1. The first kappa shape index (κ1) is 6.04. The number of hydrogen-bond acceptors (Lipinski definition) is 1. The van der Waals surface area contributed by atoms with Crippen LogP contribution in [-0.4, -0.2) is 12.8 Å². The van der Waals surface area contributed by atoms with E-state index < -0.39 is 0 Å². The second kappa shape index (κ2) is 1.89. The van der Waals surface area contributed by atoms with Gasteiger partial charge in [-0.3, -0.25) is 0 Å². The SMILES string of the molecule is Bc1c[nH]c2c(C)csc12. The van der Waals surface area contributed by atoms with Gasteiger partial charge in [-0.25, -0.2) is 0 Å². The summed E-state index contributed by atoms with van der Waals surface area (Å²) in [6, 6.07) is 0. The van der Waals surface area contributed by atoms with Gasteiger partial charge in [-0.05, 0) is 24.1 Å². The van der Waals surface area contributed by atoms with E-state index in [2.05, 4.69) is 31.3 Å². The number of thiophene rings is 1. The summed E-state index contributed by atoms with van der Waals surface area (Å²) in [5.41, 5.74) is 4.02. The molecule has 3 heteroatoms. The van der Waals surface area contributed by atoms with Gasteiger partial charge in [-0.1, -0.05) is 5.46 Å².